The van der Waals surface area contributed by atoms with E-state index in [2.05, 4.69) is 5.32 Å². The van der Waals surface area contributed by atoms with Crippen molar-refractivity contribution >= 4 is 11.9 Å². The zero-order valence-corrected chi connectivity index (χ0v) is 12.4. The summed E-state index contributed by atoms with van der Waals surface area (Å²) in [5, 5.41) is 2.78. The van der Waals surface area contributed by atoms with Gasteiger partial charge in [-0.1, -0.05) is 40.0 Å². The number of ketones is 1. The summed E-state index contributed by atoms with van der Waals surface area (Å²) in [6.45, 7) is 6.22. The average Bonchev–Trinajstić information content (AvgIpc) is 2.42. The lowest BCUT2D eigenvalue weighted by Crippen LogP contribution is -2.46. The Bertz CT molecular complexity index is 296. The highest BCUT2D eigenvalue weighted by atomic mass is 16.5. The van der Waals surface area contributed by atoms with Gasteiger partial charge in [-0.05, 0) is 24.7 Å². The molecule has 110 valence electrons. The van der Waals surface area contributed by atoms with Gasteiger partial charge in [-0.3, -0.25) is 4.79 Å². The first-order valence-corrected chi connectivity index (χ1v) is 7.50. The third kappa shape index (κ3) is 5.62. The molecule has 1 N–H and O–H groups in total. The van der Waals surface area contributed by atoms with Crippen LogP contribution in [0.1, 0.15) is 59.3 Å². The lowest BCUT2D eigenvalue weighted by Gasteiger charge is -2.29. The van der Waals surface area contributed by atoms with Gasteiger partial charge in [0.2, 0.25) is 0 Å². The fourth-order valence-electron chi connectivity index (χ4n) is 2.56. The van der Waals surface area contributed by atoms with E-state index in [0.29, 0.717) is 18.9 Å². The highest BCUT2D eigenvalue weighted by Crippen LogP contribution is 2.27. The van der Waals surface area contributed by atoms with E-state index in [0.717, 1.165) is 25.7 Å². The van der Waals surface area contributed by atoms with Crippen molar-refractivity contribution in [3.8, 4) is 0 Å². The Labute approximate surface area is 116 Å². The van der Waals surface area contributed by atoms with Crippen LogP contribution in [0.5, 0.6) is 0 Å². The molecule has 1 fully saturated rings. The maximum absolute atomic E-state index is 12.0. The quantitative estimate of drug-likeness (QED) is 0.805. The smallest absolute Gasteiger partial charge is 0.407 e. The fraction of sp³-hybridized carbons (Fsp3) is 0.867. The molecule has 1 amide bonds. The van der Waals surface area contributed by atoms with Crippen LogP contribution in [0.3, 0.4) is 0 Å². The Morgan fingerprint density at radius 3 is 2.37 bits per heavy atom. The summed E-state index contributed by atoms with van der Waals surface area (Å²) >= 11 is 0. The SMILES string of the molecule is CCC(=O)[C@@H](NC(=O)OCC(C)C)C1CCCCC1. The standard InChI is InChI=1S/C15H27NO3/c1-4-13(17)14(12-8-6-5-7-9-12)16-15(18)19-10-11(2)3/h11-12,14H,4-10H2,1-3H3,(H,16,18)/t14-/m0/s1. The topological polar surface area (TPSA) is 55.4 Å². The minimum Gasteiger partial charge on any atom is -0.449 e. The van der Waals surface area contributed by atoms with Gasteiger partial charge in [-0.15, -0.1) is 0 Å². The highest BCUT2D eigenvalue weighted by Gasteiger charge is 2.30. The zero-order valence-electron chi connectivity index (χ0n) is 12.4. The Morgan fingerprint density at radius 1 is 1.21 bits per heavy atom. The monoisotopic (exact) mass is 269 g/mol. The third-order valence-corrected chi connectivity index (χ3v) is 3.64. The van der Waals surface area contributed by atoms with Gasteiger partial charge in [0.1, 0.15) is 0 Å². The number of rotatable bonds is 6. The maximum atomic E-state index is 12.0. The van der Waals surface area contributed by atoms with Gasteiger partial charge in [0.05, 0.1) is 12.6 Å². The van der Waals surface area contributed by atoms with Crippen LogP contribution in [-0.2, 0) is 9.53 Å². The summed E-state index contributed by atoms with van der Waals surface area (Å²) in [5.74, 6) is 0.710. The lowest BCUT2D eigenvalue weighted by molar-refractivity contribution is -0.122. The second kappa shape index (κ2) is 8.18. The fourth-order valence-corrected chi connectivity index (χ4v) is 2.56. The summed E-state index contributed by atoms with van der Waals surface area (Å²) in [7, 11) is 0. The number of hydrogen-bond acceptors (Lipinski definition) is 3. The molecule has 0 aliphatic heterocycles. The normalized spacial score (nSPS) is 18.1. The van der Waals surface area contributed by atoms with Crippen molar-refractivity contribution in [2.24, 2.45) is 11.8 Å². The van der Waals surface area contributed by atoms with Gasteiger partial charge >= 0.3 is 6.09 Å². The van der Waals surface area contributed by atoms with Crippen molar-refractivity contribution in [3.05, 3.63) is 0 Å². The van der Waals surface area contributed by atoms with Crippen LogP contribution in [0, 0.1) is 11.8 Å². The summed E-state index contributed by atoms with van der Waals surface area (Å²) in [4.78, 5) is 23.7. The summed E-state index contributed by atoms with van der Waals surface area (Å²) in [5.41, 5.74) is 0. The molecule has 19 heavy (non-hydrogen) atoms. The molecular weight excluding hydrogens is 242 g/mol. The molecule has 4 nitrogen and oxygen atoms in total. The minimum absolute atomic E-state index is 0.119. The molecule has 0 radical (unpaired) electrons. The van der Waals surface area contributed by atoms with Crippen LogP contribution in [0.4, 0.5) is 4.79 Å². The van der Waals surface area contributed by atoms with Crippen LogP contribution < -0.4 is 5.32 Å². The largest absolute Gasteiger partial charge is 0.449 e. The van der Waals surface area contributed by atoms with Crippen molar-refractivity contribution in [1.29, 1.82) is 0 Å². The van der Waals surface area contributed by atoms with Crippen LogP contribution >= 0.6 is 0 Å². The van der Waals surface area contributed by atoms with Crippen LogP contribution in [0.2, 0.25) is 0 Å². The van der Waals surface area contributed by atoms with Crippen LogP contribution in [0.15, 0.2) is 0 Å². The van der Waals surface area contributed by atoms with E-state index in [1.165, 1.54) is 6.42 Å². The number of ether oxygens (including phenoxy) is 1. The summed E-state index contributed by atoms with van der Waals surface area (Å²) in [6.07, 6.45) is 5.61. The number of Topliss-reactive ketones (excluding diaryl/α,β-unsaturated/α-hetero) is 1. The number of hydrogen-bond donors (Lipinski definition) is 1. The molecule has 0 aromatic carbocycles. The lowest BCUT2D eigenvalue weighted by atomic mass is 9.82. The van der Waals surface area contributed by atoms with Gasteiger partial charge in [-0.25, -0.2) is 4.79 Å². The Kier molecular flexibility index (Phi) is 6.89. The van der Waals surface area contributed by atoms with Crippen molar-refractivity contribution < 1.29 is 14.3 Å². The van der Waals surface area contributed by atoms with Gasteiger partial charge in [-0.2, -0.15) is 0 Å². The second-order valence-corrected chi connectivity index (χ2v) is 5.83. The van der Waals surface area contributed by atoms with Crippen molar-refractivity contribution in [1.82, 2.24) is 5.32 Å². The maximum Gasteiger partial charge on any atom is 0.407 e. The number of carbonyl (C=O) groups is 2. The molecule has 1 atom stereocenters. The minimum atomic E-state index is -0.453. The molecular formula is C15H27NO3. The molecule has 1 aliphatic rings. The molecule has 0 spiro atoms. The van der Waals surface area contributed by atoms with E-state index < -0.39 is 6.09 Å². The first-order valence-electron chi connectivity index (χ1n) is 7.50. The first-order chi connectivity index (χ1) is 9.04. The Hall–Kier alpha value is -1.06. The van der Waals surface area contributed by atoms with Crippen LogP contribution in [0.25, 0.3) is 0 Å². The molecule has 0 unspecified atom stereocenters. The molecule has 0 aromatic rings. The van der Waals surface area contributed by atoms with Crippen LogP contribution in [-0.4, -0.2) is 24.5 Å². The number of alkyl carbamates (subject to hydrolysis) is 1. The molecule has 1 aliphatic carbocycles. The van der Waals surface area contributed by atoms with Crippen molar-refractivity contribution in [3.63, 3.8) is 0 Å². The van der Waals surface area contributed by atoms with Gasteiger partial charge in [0.25, 0.3) is 0 Å². The van der Waals surface area contributed by atoms with E-state index >= 15 is 0 Å². The number of amides is 1. The molecule has 0 aromatic heterocycles. The average molecular weight is 269 g/mol. The number of nitrogens with one attached hydrogen (secondary N) is 1. The summed E-state index contributed by atoms with van der Waals surface area (Å²) in [6, 6.07) is -0.357. The molecule has 4 heteroatoms. The Balaban J connectivity index is 2.53. The zero-order chi connectivity index (χ0) is 14.3. The summed E-state index contributed by atoms with van der Waals surface area (Å²) < 4.78 is 5.12. The van der Waals surface area contributed by atoms with E-state index in [9.17, 15) is 9.59 Å². The molecule has 1 rings (SSSR count). The van der Waals surface area contributed by atoms with E-state index in [1.54, 1.807) is 0 Å². The predicted octanol–water partition coefficient (Wildman–Crippen LogP) is 3.30. The molecule has 0 saturated heterocycles. The molecule has 0 bridgehead atoms. The first kappa shape index (κ1) is 16.0. The third-order valence-electron chi connectivity index (χ3n) is 3.64. The van der Waals surface area contributed by atoms with E-state index in [4.69, 9.17) is 4.74 Å². The van der Waals surface area contributed by atoms with E-state index in [1.807, 2.05) is 20.8 Å². The second-order valence-electron chi connectivity index (χ2n) is 5.83. The number of carbonyl (C=O) groups excluding carboxylic acids is 2. The molecule has 0 heterocycles. The van der Waals surface area contributed by atoms with Gasteiger partial charge < -0.3 is 10.1 Å². The Morgan fingerprint density at radius 2 is 1.84 bits per heavy atom. The van der Waals surface area contributed by atoms with Gasteiger partial charge in [0, 0.05) is 6.42 Å². The molecule has 1 saturated carbocycles. The highest BCUT2D eigenvalue weighted by molar-refractivity contribution is 5.87. The van der Waals surface area contributed by atoms with E-state index in [-0.39, 0.29) is 17.7 Å². The predicted molar refractivity (Wildman–Crippen MR) is 75.0 cm³/mol. The van der Waals surface area contributed by atoms with Gasteiger partial charge in [0.15, 0.2) is 5.78 Å². The van der Waals surface area contributed by atoms with Crippen molar-refractivity contribution in [2.45, 2.75) is 65.3 Å². The van der Waals surface area contributed by atoms with Crippen molar-refractivity contribution in [2.75, 3.05) is 6.61 Å².